The van der Waals surface area contributed by atoms with Gasteiger partial charge in [-0.25, -0.2) is 23.9 Å². The predicted octanol–water partition coefficient (Wildman–Crippen LogP) is 5.41. The van der Waals surface area contributed by atoms with Crippen LogP contribution in [0.1, 0.15) is 6.42 Å². The van der Waals surface area contributed by atoms with Crippen LogP contribution in [-0.2, 0) is 23.3 Å². The number of rotatable bonds is 4. The summed E-state index contributed by atoms with van der Waals surface area (Å²) in [6.45, 7) is 16.1. The van der Waals surface area contributed by atoms with Crippen molar-refractivity contribution >= 4 is 23.0 Å². The maximum absolute atomic E-state index is 3.26. The van der Waals surface area contributed by atoms with Gasteiger partial charge in [0.05, 0.1) is 0 Å². The van der Waals surface area contributed by atoms with E-state index in [0.717, 1.165) is 6.42 Å². The third-order valence-electron chi connectivity index (χ3n) is 2.10. The molecule has 0 amide bonds. The molecule has 0 aromatic heterocycles. The molecule has 0 fully saturated rings. The molecule has 0 atom stereocenters. The summed E-state index contributed by atoms with van der Waals surface area (Å²) in [5, 5.41) is 0. The van der Waals surface area contributed by atoms with Crippen molar-refractivity contribution in [3.05, 3.63) is 63.1 Å². The van der Waals surface area contributed by atoms with Crippen LogP contribution in [0, 0.1) is 27.0 Å². The van der Waals surface area contributed by atoms with Crippen LogP contribution in [0.4, 0.5) is 0 Å². The first kappa shape index (κ1) is 30.4. The summed E-state index contributed by atoms with van der Waals surface area (Å²) in [5.41, 5.74) is 2.33. The molecule has 0 aromatic carbocycles. The van der Waals surface area contributed by atoms with E-state index in [0.29, 0.717) is 0 Å². The van der Waals surface area contributed by atoms with Crippen LogP contribution in [-0.4, -0.2) is 23.0 Å². The Morgan fingerprint density at radius 2 is 1.68 bits per heavy atom. The molecule has 1 aliphatic carbocycles. The van der Waals surface area contributed by atoms with Gasteiger partial charge in [-0.05, 0) is 8.07 Å². The molecular weight excluding hydrogens is 392 g/mol. The fraction of sp³-hybridized carbons (Fsp3) is 0.444. The van der Waals surface area contributed by atoms with E-state index in [1.807, 2.05) is 19.0 Å². The van der Waals surface area contributed by atoms with Crippen LogP contribution in [0.15, 0.2) is 36.1 Å². The molecule has 0 aromatic rings. The Kier molecular flexibility index (Phi) is 24.6. The van der Waals surface area contributed by atoms with Crippen LogP contribution < -0.4 is 0 Å². The quantitative estimate of drug-likeness (QED) is 0.320. The molecule has 0 radical (unpaired) electrons. The van der Waals surface area contributed by atoms with Gasteiger partial charge in [0.1, 0.15) is 0 Å². The van der Waals surface area contributed by atoms with Gasteiger partial charge in [-0.15, -0.1) is 6.42 Å². The summed E-state index contributed by atoms with van der Waals surface area (Å²) in [6, 6.07) is 1.24. The molecule has 0 bridgehead atoms. The van der Waals surface area contributed by atoms with Gasteiger partial charge < -0.3 is 14.9 Å². The van der Waals surface area contributed by atoms with Gasteiger partial charge in [-0.1, -0.05) is 45.3 Å². The van der Waals surface area contributed by atoms with Crippen molar-refractivity contribution < 1.29 is 23.3 Å². The first-order chi connectivity index (χ1) is 9.21. The van der Waals surface area contributed by atoms with Crippen LogP contribution in [0.25, 0.3) is 0 Å². The topological polar surface area (TPSA) is 0 Å². The minimum atomic E-state index is -1.00. The van der Waals surface area contributed by atoms with Crippen LogP contribution in [0.2, 0.25) is 45.3 Å². The van der Waals surface area contributed by atoms with Gasteiger partial charge in [-0.3, -0.25) is 12.2 Å². The summed E-state index contributed by atoms with van der Waals surface area (Å²) in [5.74, 6) is 0. The van der Waals surface area contributed by atoms with E-state index in [1.54, 1.807) is 23.3 Å². The molecule has 0 nitrogen and oxygen atoms in total. The number of hydrogen-bond donors (Lipinski definition) is 0. The van der Waals surface area contributed by atoms with Gasteiger partial charge >= 0.3 is 30.2 Å². The molecule has 22 heavy (non-hydrogen) atoms. The molecule has 0 aliphatic heterocycles. The third kappa shape index (κ3) is 32.4. The molecule has 128 valence electrons. The zero-order chi connectivity index (χ0) is 16.1. The maximum atomic E-state index is 3.26. The molecule has 0 heterocycles. The zero-order valence-corrected chi connectivity index (χ0v) is 22.0. The summed E-state index contributed by atoms with van der Waals surface area (Å²) in [7, 11) is -1.90. The molecule has 1 rings (SSSR count). The molecule has 4 heteroatoms. The summed E-state index contributed by atoms with van der Waals surface area (Å²) in [4.78, 5) is 0. The second-order valence-electron chi connectivity index (χ2n) is 6.84. The van der Waals surface area contributed by atoms with E-state index in [-0.39, 0.29) is 14.9 Å². The Morgan fingerprint density at radius 1 is 1.14 bits per heavy atom. The van der Waals surface area contributed by atoms with Gasteiger partial charge in [0.2, 0.25) is 0 Å². The summed E-state index contributed by atoms with van der Waals surface area (Å²) < 4.78 is 0. The molecule has 0 N–H and O–H groups in total. The Balaban J connectivity index is -0.000000151. The van der Waals surface area contributed by atoms with Crippen LogP contribution in [0.5, 0.6) is 0 Å². The summed E-state index contributed by atoms with van der Waals surface area (Å²) in [6.07, 6.45) is 17.6. The molecular formula is C18H36Si3Zr-4. The van der Waals surface area contributed by atoms with E-state index < -0.39 is 16.1 Å². The SMILES string of the molecule is C[Si](C)(C)C=C[C-]=CC[Si](C)(C)C.[C-]1=CC=CC1.[CH3-].[CH3-].[SiH2]=[Zr]. The Hall–Kier alpha value is 0.494. The standard InChI is InChI=1S/C11H23Si2.C5H5.2CH3.H2Si.Zr/c1-12(2,3)10-8-7-9-11-13(4,5)6;1-2-4-5-3-1;;;;/h8-10H,11H2,1-6H3;1-3H,4H2;2*1H3;1H2;/q4*-1;;. The molecule has 0 spiro atoms. The van der Waals surface area contributed by atoms with Gasteiger partial charge in [0.15, 0.2) is 0 Å². The predicted molar refractivity (Wildman–Crippen MR) is 111 cm³/mol. The first-order valence-electron chi connectivity index (χ1n) is 7.03. The van der Waals surface area contributed by atoms with E-state index in [1.165, 1.54) is 6.04 Å². The Morgan fingerprint density at radius 3 is 1.95 bits per heavy atom. The van der Waals surface area contributed by atoms with E-state index in [9.17, 15) is 0 Å². The third-order valence-corrected chi connectivity index (χ3v) is 4.69. The van der Waals surface area contributed by atoms with Crippen molar-refractivity contribution in [3.8, 4) is 0 Å². The fourth-order valence-electron chi connectivity index (χ4n) is 1.07. The van der Waals surface area contributed by atoms with Crippen molar-refractivity contribution in [2.45, 2.75) is 51.7 Å². The van der Waals surface area contributed by atoms with E-state index in [2.05, 4.69) is 75.4 Å². The fourth-order valence-corrected chi connectivity index (χ4v) is 2.40. The van der Waals surface area contributed by atoms with Crippen LogP contribution in [0.3, 0.4) is 0 Å². The number of hydrogen-bond acceptors (Lipinski definition) is 0. The van der Waals surface area contributed by atoms with Crippen molar-refractivity contribution in [2.75, 3.05) is 0 Å². The van der Waals surface area contributed by atoms with Crippen molar-refractivity contribution in [3.63, 3.8) is 0 Å². The second-order valence-corrected chi connectivity index (χ2v) is 17.4. The van der Waals surface area contributed by atoms with Crippen molar-refractivity contribution in [1.82, 2.24) is 0 Å². The molecule has 0 saturated heterocycles. The van der Waals surface area contributed by atoms with Crippen molar-refractivity contribution in [1.29, 1.82) is 0 Å². The van der Waals surface area contributed by atoms with E-state index >= 15 is 0 Å². The average molecular weight is 428 g/mol. The van der Waals surface area contributed by atoms with Gasteiger partial charge in [-0.2, -0.15) is 12.2 Å². The van der Waals surface area contributed by atoms with Crippen LogP contribution >= 0.6 is 0 Å². The molecule has 0 unspecified atom stereocenters. The zero-order valence-electron chi connectivity index (χ0n) is 16.1. The normalized spacial score (nSPS) is 12.8. The summed E-state index contributed by atoms with van der Waals surface area (Å²) >= 11 is 1.58. The number of allylic oxidation sites excluding steroid dienone is 7. The minimum absolute atomic E-state index is 0. The monoisotopic (exact) mass is 426 g/mol. The Labute approximate surface area is 160 Å². The first-order valence-corrected chi connectivity index (χ1v) is 20.2. The second kappa shape index (κ2) is 17.8. The van der Waals surface area contributed by atoms with E-state index in [4.69, 9.17) is 0 Å². The van der Waals surface area contributed by atoms with Crippen molar-refractivity contribution in [2.24, 2.45) is 0 Å². The average Bonchev–Trinajstić information content (AvgIpc) is 2.86. The Bertz CT molecular complexity index is 332. The van der Waals surface area contributed by atoms with Gasteiger partial charge in [0, 0.05) is 8.07 Å². The van der Waals surface area contributed by atoms with Gasteiger partial charge in [0.25, 0.3) is 0 Å². The molecule has 1 aliphatic rings. The molecule has 0 saturated carbocycles.